The number of nitrogens with zero attached hydrogens (tertiary/aromatic N) is 2. The van der Waals surface area contributed by atoms with E-state index in [4.69, 9.17) is 14.6 Å². The third-order valence-corrected chi connectivity index (χ3v) is 6.45. The van der Waals surface area contributed by atoms with Gasteiger partial charge in [0.25, 0.3) is 5.91 Å². The van der Waals surface area contributed by atoms with E-state index in [9.17, 15) is 9.18 Å². The van der Waals surface area contributed by atoms with Gasteiger partial charge in [0.15, 0.2) is 11.5 Å². The number of ether oxygens (including phenoxy) is 2. The number of benzene rings is 4. The molecule has 190 valence electrons. The Hall–Kier alpha value is -4.23. The van der Waals surface area contributed by atoms with Crippen LogP contribution in [-0.4, -0.2) is 18.2 Å². The normalized spacial score (nSPS) is 14.1. The first-order chi connectivity index (χ1) is 18.5. The maximum atomic E-state index is 13.6. The predicted molar refractivity (Wildman–Crippen MR) is 151 cm³/mol. The van der Waals surface area contributed by atoms with Crippen LogP contribution >= 0.6 is 15.9 Å². The van der Waals surface area contributed by atoms with Crippen LogP contribution in [0.1, 0.15) is 23.6 Å². The molecule has 0 spiro atoms. The van der Waals surface area contributed by atoms with Gasteiger partial charge in [-0.2, -0.15) is 10.1 Å². The Labute approximate surface area is 229 Å². The molecule has 4 aromatic rings. The number of hydrogen-bond donors (Lipinski definition) is 0. The first-order valence-electron chi connectivity index (χ1n) is 12.1. The number of hydrazone groups is 1. The smallest absolute Gasteiger partial charge is 0.281 e. The summed E-state index contributed by atoms with van der Waals surface area (Å²) in [6, 6.07) is 28.8. The van der Waals surface area contributed by atoms with Crippen molar-refractivity contribution in [3.63, 3.8) is 0 Å². The standard InChI is InChI=1S/C31H24BrFN2O3/c1-2-37-28-19-22(18-27(32)30(28)38-20-21-13-15-24(33)16-14-21)17-26-29(23-9-5-3-6-10-23)34-35(31(26)36)25-11-7-4-8-12-25/h3-19H,2,20H2,1H3/b26-17-. The topological polar surface area (TPSA) is 51.1 Å². The van der Waals surface area contributed by atoms with Crippen LogP contribution in [0.2, 0.25) is 0 Å². The number of para-hydroxylation sites is 1. The molecule has 38 heavy (non-hydrogen) atoms. The molecule has 0 aromatic heterocycles. The average Bonchev–Trinajstić information content (AvgIpc) is 3.26. The van der Waals surface area contributed by atoms with Crippen molar-refractivity contribution in [2.45, 2.75) is 13.5 Å². The van der Waals surface area contributed by atoms with Crippen molar-refractivity contribution in [3.8, 4) is 11.5 Å². The minimum atomic E-state index is -0.298. The van der Waals surface area contributed by atoms with Crippen molar-refractivity contribution in [3.05, 3.63) is 130 Å². The summed E-state index contributed by atoms with van der Waals surface area (Å²) in [7, 11) is 0. The van der Waals surface area contributed by atoms with Crippen LogP contribution in [-0.2, 0) is 11.4 Å². The van der Waals surface area contributed by atoms with Crippen molar-refractivity contribution in [2.24, 2.45) is 5.10 Å². The van der Waals surface area contributed by atoms with Crippen molar-refractivity contribution in [2.75, 3.05) is 11.6 Å². The van der Waals surface area contributed by atoms with Crippen LogP contribution < -0.4 is 14.5 Å². The van der Waals surface area contributed by atoms with Gasteiger partial charge in [-0.05, 0) is 76.5 Å². The number of hydrogen-bond acceptors (Lipinski definition) is 4. The average molecular weight is 571 g/mol. The van der Waals surface area contributed by atoms with Gasteiger partial charge >= 0.3 is 0 Å². The third-order valence-electron chi connectivity index (χ3n) is 5.87. The lowest BCUT2D eigenvalue weighted by Gasteiger charge is -2.15. The maximum absolute atomic E-state index is 13.6. The third kappa shape index (κ3) is 5.53. The molecule has 0 aliphatic carbocycles. The molecule has 7 heteroatoms. The molecule has 0 saturated heterocycles. The second-order valence-corrected chi connectivity index (χ2v) is 9.36. The first kappa shape index (κ1) is 25.4. The Bertz CT molecular complexity index is 1500. The van der Waals surface area contributed by atoms with Crippen LogP contribution in [0.15, 0.2) is 112 Å². The molecule has 1 aliphatic rings. The van der Waals surface area contributed by atoms with Gasteiger partial charge in [-0.1, -0.05) is 60.7 Å². The molecule has 5 nitrogen and oxygen atoms in total. The van der Waals surface area contributed by atoms with E-state index < -0.39 is 0 Å². The van der Waals surface area contributed by atoms with Gasteiger partial charge in [0.05, 0.1) is 22.3 Å². The Morgan fingerprint density at radius 2 is 1.61 bits per heavy atom. The summed E-state index contributed by atoms with van der Waals surface area (Å²) in [5.41, 5.74) is 4.16. The van der Waals surface area contributed by atoms with Gasteiger partial charge in [-0.15, -0.1) is 0 Å². The zero-order valence-electron chi connectivity index (χ0n) is 20.6. The summed E-state index contributed by atoms with van der Waals surface area (Å²) in [6.07, 6.45) is 1.81. The lowest BCUT2D eigenvalue weighted by atomic mass is 10.00. The van der Waals surface area contributed by atoms with E-state index in [1.54, 1.807) is 12.1 Å². The number of anilines is 1. The van der Waals surface area contributed by atoms with Crippen molar-refractivity contribution in [1.82, 2.24) is 0 Å². The van der Waals surface area contributed by atoms with Gasteiger partial charge in [0.1, 0.15) is 18.1 Å². The highest BCUT2D eigenvalue weighted by Gasteiger charge is 2.32. The molecule has 0 bridgehead atoms. The molecule has 1 aliphatic heterocycles. The lowest BCUT2D eigenvalue weighted by molar-refractivity contribution is -0.114. The first-order valence-corrected chi connectivity index (χ1v) is 12.9. The fraction of sp³-hybridized carbons (Fsp3) is 0.0968. The highest BCUT2D eigenvalue weighted by atomic mass is 79.9. The number of carbonyl (C=O) groups excluding carboxylic acids is 1. The fourth-order valence-electron chi connectivity index (χ4n) is 4.08. The lowest BCUT2D eigenvalue weighted by Crippen LogP contribution is -2.21. The molecule has 0 saturated carbocycles. The molecular formula is C31H24BrFN2O3. The summed E-state index contributed by atoms with van der Waals surface area (Å²) in [4.78, 5) is 13.6. The van der Waals surface area contributed by atoms with Crippen LogP contribution in [0.5, 0.6) is 11.5 Å². The van der Waals surface area contributed by atoms with Crippen molar-refractivity contribution >= 4 is 39.3 Å². The Balaban J connectivity index is 1.51. The molecule has 5 rings (SSSR count). The van der Waals surface area contributed by atoms with E-state index in [-0.39, 0.29) is 18.3 Å². The quantitative estimate of drug-likeness (QED) is 0.207. The van der Waals surface area contributed by atoms with Gasteiger partial charge in [0.2, 0.25) is 0 Å². The van der Waals surface area contributed by atoms with E-state index in [2.05, 4.69) is 15.9 Å². The monoisotopic (exact) mass is 570 g/mol. The zero-order chi connectivity index (χ0) is 26.5. The second-order valence-electron chi connectivity index (χ2n) is 8.50. The Morgan fingerprint density at radius 1 is 0.921 bits per heavy atom. The number of amides is 1. The molecule has 4 aromatic carbocycles. The predicted octanol–water partition coefficient (Wildman–Crippen LogP) is 7.40. The second kappa shape index (κ2) is 11.4. The molecule has 0 unspecified atom stereocenters. The van der Waals surface area contributed by atoms with Gasteiger partial charge in [-0.25, -0.2) is 4.39 Å². The minimum absolute atomic E-state index is 0.222. The number of rotatable bonds is 8. The maximum Gasteiger partial charge on any atom is 0.281 e. The molecule has 1 amide bonds. The van der Waals surface area contributed by atoms with Crippen molar-refractivity contribution < 1.29 is 18.7 Å². The molecule has 0 N–H and O–H groups in total. The van der Waals surface area contributed by atoms with Gasteiger partial charge in [0, 0.05) is 5.56 Å². The molecule has 0 atom stereocenters. The van der Waals surface area contributed by atoms with Gasteiger partial charge in [-0.3, -0.25) is 4.79 Å². The Kier molecular flexibility index (Phi) is 7.65. The van der Waals surface area contributed by atoms with E-state index in [0.717, 1.165) is 16.7 Å². The largest absolute Gasteiger partial charge is 0.490 e. The van der Waals surface area contributed by atoms with Crippen LogP contribution in [0, 0.1) is 5.82 Å². The van der Waals surface area contributed by atoms with Gasteiger partial charge < -0.3 is 9.47 Å². The minimum Gasteiger partial charge on any atom is -0.490 e. The SMILES string of the molecule is CCOc1cc(/C=C2\C(=O)N(c3ccccc3)N=C2c2ccccc2)cc(Br)c1OCc1ccc(F)cc1. The highest BCUT2D eigenvalue weighted by molar-refractivity contribution is 9.10. The fourth-order valence-corrected chi connectivity index (χ4v) is 4.65. The number of halogens is 2. The van der Waals surface area contributed by atoms with Crippen LogP contribution in [0.25, 0.3) is 6.08 Å². The van der Waals surface area contributed by atoms with E-state index >= 15 is 0 Å². The Morgan fingerprint density at radius 3 is 2.29 bits per heavy atom. The van der Waals surface area contributed by atoms with Crippen LogP contribution in [0.4, 0.5) is 10.1 Å². The summed E-state index contributed by atoms with van der Waals surface area (Å²) in [5, 5.41) is 6.12. The van der Waals surface area contributed by atoms with E-state index in [1.165, 1.54) is 17.1 Å². The molecule has 1 heterocycles. The molecule has 0 radical (unpaired) electrons. The molecule has 0 fully saturated rings. The van der Waals surface area contributed by atoms with Crippen LogP contribution in [0.3, 0.4) is 0 Å². The zero-order valence-corrected chi connectivity index (χ0v) is 22.2. The summed E-state index contributed by atoms with van der Waals surface area (Å²) < 4.78 is 25.9. The van der Waals surface area contributed by atoms with E-state index in [1.807, 2.05) is 85.8 Å². The highest BCUT2D eigenvalue weighted by Crippen LogP contribution is 2.39. The van der Waals surface area contributed by atoms with Crippen molar-refractivity contribution in [1.29, 1.82) is 0 Å². The van der Waals surface area contributed by atoms with E-state index in [0.29, 0.717) is 39.6 Å². The summed E-state index contributed by atoms with van der Waals surface area (Å²) >= 11 is 3.61. The molecular weight excluding hydrogens is 547 g/mol. The summed E-state index contributed by atoms with van der Waals surface area (Å²) in [6.45, 7) is 2.56. The number of carbonyl (C=O) groups is 1. The summed E-state index contributed by atoms with van der Waals surface area (Å²) in [5.74, 6) is 0.534.